The third-order valence-corrected chi connectivity index (χ3v) is 4.42. The van der Waals surface area contributed by atoms with Gasteiger partial charge in [0.1, 0.15) is 11.6 Å². The Morgan fingerprint density at radius 3 is 2.52 bits per heavy atom. The van der Waals surface area contributed by atoms with E-state index < -0.39 is 21.7 Å². The van der Waals surface area contributed by atoms with E-state index in [0.29, 0.717) is 0 Å². The van der Waals surface area contributed by atoms with Crippen LogP contribution in [0.2, 0.25) is 0 Å². The molecule has 7 heteroatoms. The maximum atomic E-state index is 13.4. The predicted octanol–water partition coefficient (Wildman–Crippen LogP) is 2.53. The number of anilines is 1. The number of rotatable bonds is 4. The largest absolute Gasteiger partial charge is 0.326 e. The van der Waals surface area contributed by atoms with Crippen LogP contribution >= 0.6 is 0 Å². The number of nitrogens with one attached hydrogen (secondary N) is 1. The van der Waals surface area contributed by atoms with Crippen LogP contribution in [0, 0.1) is 18.6 Å². The van der Waals surface area contributed by atoms with Gasteiger partial charge in [0.25, 0.3) is 10.0 Å². The van der Waals surface area contributed by atoms with Crippen molar-refractivity contribution in [3.8, 4) is 0 Å². The summed E-state index contributed by atoms with van der Waals surface area (Å²) >= 11 is 0. The minimum Gasteiger partial charge on any atom is -0.326 e. The molecule has 2 aromatic carbocycles. The summed E-state index contributed by atoms with van der Waals surface area (Å²) in [7, 11) is -3.94. The van der Waals surface area contributed by atoms with Gasteiger partial charge in [-0.05, 0) is 37.3 Å². The van der Waals surface area contributed by atoms with Crippen molar-refractivity contribution in [1.82, 2.24) is 0 Å². The summed E-state index contributed by atoms with van der Waals surface area (Å²) in [6.45, 7) is 1.34. The molecule has 0 heterocycles. The molecule has 4 nitrogen and oxygen atoms in total. The first kappa shape index (κ1) is 15.4. The zero-order valence-corrected chi connectivity index (χ0v) is 12.0. The van der Waals surface area contributed by atoms with Crippen molar-refractivity contribution < 1.29 is 17.2 Å². The van der Waals surface area contributed by atoms with E-state index in [1.165, 1.54) is 25.1 Å². The molecule has 0 radical (unpaired) electrons. The van der Waals surface area contributed by atoms with Gasteiger partial charge in [0.05, 0.1) is 10.6 Å². The van der Waals surface area contributed by atoms with Crippen LogP contribution in [-0.4, -0.2) is 8.42 Å². The fourth-order valence-electron chi connectivity index (χ4n) is 1.80. The van der Waals surface area contributed by atoms with Crippen molar-refractivity contribution in [2.24, 2.45) is 5.73 Å². The lowest BCUT2D eigenvalue weighted by Gasteiger charge is -2.12. The van der Waals surface area contributed by atoms with E-state index >= 15 is 0 Å². The summed E-state index contributed by atoms with van der Waals surface area (Å²) in [5.74, 6) is -1.09. The number of nitrogens with two attached hydrogens (primary N) is 1. The predicted molar refractivity (Wildman–Crippen MR) is 76.2 cm³/mol. The van der Waals surface area contributed by atoms with Gasteiger partial charge in [0.15, 0.2) is 0 Å². The summed E-state index contributed by atoms with van der Waals surface area (Å²) in [5, 5.41) is 0. The molecule has 0 saturated carbocycles. The molecule has 112 valence electrons. The van der Waals surface area contributed by atoms with E-state index in [1.807, 2.05) is 0 Å². The van der Waals surface area contributed by atoms with E-state index in [1.54, 1.807) is 0 Å². The molecule has 0 amide bonds. The summed E-state index contributed by atoms with van der Waals surface area (Å²) < 4.78 is 53.6. The number of hydrogen-bond donors (Lipinski definition) is 2. The first-order valence-corrected chi connectivity index (χ1v) is 7.60. The Morgan fingerprint density at radius 1 is 1.14 bits per heavy atom. The second-order valence-corrected chi connectivity index (χ2v) is 6.16. The molecule has 0 spiro atoms. The molecule has 0 fully saturated rings. The summed E-state index contributed by atoms with van der Waals surface area (Å²) in [6, 6.07) is 7.41. The Balaban J connectivity index is 2.41. The van der Waals surface area contributed by atoms with Crippen molar-refractivity contribution in [2.75, 3.05) is 4.72 Å². The van der Waals surface area contributed by atoms with Crippen LogP contribution in [-0.2, 0) is 16.6 Å². The third kappa shape index (κ3) is 3.20. The molecule has 0 saturated heterocycles. The van der Waals surface area contributed by atoms with Crippen LogP contribution in [0.5, 0.6) is 0 Å². The van der Waals surface area contributed by atoms with Crippen molar-refractivity contribution in [3.63, 3.8) is 0 Å². The molecule has 2 rings (SSSR count). The standard InChI is InChI=1S/C14H14F2N2O2S/c1-9-12(15)3-2-4-14(9)18-21(19,20)11-5-6-13(16)10(7-11)8-17/h2-7,18H,8,17H2,1H3. The Kier molecular flexibility index (Phi) is 4.24. The number of sulfonamides is 1. The first-order valence-electron chi connectivity index (χ1n) is 6.11. The quantitative estimate of drug-likeness (QED) is 0.911. The maximum absolute atomic E-state index is 13.4. The van der Waals surface area contributed by atoms with Crippen molar-refractivity contribution in [2.45, 2.75) is 18.4 Å². The third-order valence-electron chi connectivity index (χ3n) is 3.06. The number of hydrogen-bond acceptors (Lipinski definition) is 3. The smallest absolute Gasteiger partial charge is 0.261 e. The van der Waals surface area contributed by atoms with E-state index in [4.69, 9.17) is 5.73 Å². The molecule has 0 aliphatic carbocycles. The second-order valence-electron chi connectivity index (χ2n) is 4.48. The van der Waals surface area contributed by atoms with Crippen LogP contribution in [0.25, 0.3) is 0 Å². The van der Waals surface area contributed by atoms with Crippen molar-refractivity contribution in [3.05, 3.63) is 59.2 Å². The monoisotopic (exact) mass is 312 g/mol. The van der Waals surface area contributed by atoms with E-state index in [9.17, 15) is 17.2 Å². The van der Waals surface area contributed by atoms with Crippen molar-refractivity contribution >= 4 is 15.7 Å². The average Bonchev–Trinajstić information content (AvgIpc) is 2.44. The zero-order chi connectivity index (χ0) is 15.6. The van der Waals surface area contributed by atoms with Gasteiger partial charge < -0.3 is 5.73 Å². The normalized spacial score (nSPS) is 11.4. The van der Waals surface area contributed by atoms with E-state index in [-0.39, 0.29) is 28.3 Å². The summed E-state index contributed by atoms with van der Waals surface area (Å²) in [4.78, 5) is -0.131. The van der Waals surface area contributed by atoms with E-state index in [0.717, 1.165) is 18.2 Å². The van der Waals surface area contributed by atoms with Crippen LogP contribution in [0.15, 0.2) is 41.3 Å². The molecule has 0 aliphatic rings. The van der Waals surface area contributed by atoms with Gasteiger partial charge in [-0.2, -0.15) is 0 Å². The van der Waals surface area contributed by atoms with Gasteiger partial charge in [0.2, 0.25) is 0 Å². The molecule has 0 unspecified atom stereocenters. The molecule has 0 aliphatic heterocycles. The molecule has 0 bridgehead atoms. The topological polar surface area (TPSA) is 72.2 Å². The fraction of sp³-hybridized carbons (Fsp3) is 0.143. The van der Waals surface area contributed by atoms with Gasteiger partial charge in [0, 0.05) is 17.7 Å². The SMILES string of the molecule is Cc1c(F)cccc1NS(=O)(=O)c1ccc(F)c(CN)c1. The minimum atomic E-state index is -3.94. The highest BCUT2D eigenvalue weighted by Crippen LogP contribution is 2.22. The number of benzene rings is 2. The highest BCUT2D eigenvalue weighted by Gasteiger charge is 2.17. The molecule has 21 heavy (non-hydrogen) atoms. The highest BCUT2D eigenvalue weighted by atomic mass is 32.2. The van der Waals surface area contributed by atoms with Gasteiger partial charge in [-0.3, -0.25) is 4.72 Å². The van der Waals surface area contributed by atoms with Crippen molar-refractivity contribution in [1.29, 1.82) is 0 Å². The van der Waals surface area contributed by atoms with Crippen LogP contribution in [0.3, 0.4) is 0 Å². The zero-order valence-electron chi connectivity index (χ0n) is 11.2. The van der Waals surface area contributed by atoms with Crippen LogP contribution in [0.4, 0.5) is 14.5 Å². The minimum absolute atomic E-state index is 0.0915. The Bertz CT molecular complexity index is 777. The lowest BCUT2D eigenvalue weighted by molar-refractivity contribution is 0.596. The van der Waals surface area contributed by atoms with Crippen LogP contribution in [0.1, 0.15) is 11.1 Å². The van der Waals surface area contributed by atoms with E-state index in [2.05, 4.69) is 4.72 Å². The molecular weight excluding hydrogens is 298 g/mol. The molecular formula is C14H14F2N2O2S. The highest BCUT2D eigenvalue weighted by molar-refractivity contribution is 7.92. The molecule has 0 aromatic heterocycles. The lowest BCUT2D eigenvalue weighted by atomic mass is 10.2. The second kappa shape index (κ2) is 5.79. The Hall–Kier alpha value is -1.99. The molecule has 3 N–H and O–H groups in total. The number of halogens is 2. The van der Waals surface area contributed by atoms with Gasteiger partial charge in [-0.1, -0.05) is 6.07 Å². The first-order chi connectivity index (χ1) is 9.85. The van der Waals surface area contributed by atoms with Gasteiger partial charge in [-0.25, -0.2) is 17.2 Å². The van der Waals surface area contributed by atoms with Gasteiger partial charge in [-0.15, -0.1) is 0 Å². The molecule has 0 atom stereocenters. The molecule has 2 aromatic rings. The Morgan fingerprint density at radius 2 is 1.86 bits per heavy atom. The average molecular weight is 312 g/mol. The fourth-order valence-corrected chi connectivity index (χ4v) is 2.97. The van der Waals surface area contributed by atoms with Crippen LogP contribution < -0.4 is 10.5 Å². The summed E-state index contributed by atoms with van der Waals surface area (Å²) in [6.07, 6.45) is 0. The summed E-state index contributed by atoms with van der Waals surface area (Å²) in [5.41, 5.74) is 5.76. The maximum Gasteiger partial charge on any atom is 0.261 e. The Labute approximate surface area is 121 Å². The lowest BCUT2D eigenvalue weighted by Crippen LogP contribution is -2.15. The van der Waals surface area contributed by atoms with Gasteiger partial charge >= 0.3 is 0 Å².